The fourth-order valence-electron chi connectivity index (χ4n) is 2.21. The molecule has 1 aromatic carbocycles. The number of aromatic nitrogens is 2. The van der Waals surface area contributed by atoms with E-state index in [0.29, 0.717) is 12.3 Å². The smallest absolute Gasteiger partial charge is 0.261 e. The van der Waals surface area contributed by atoms with Gasteiger partial charge in [0.1, 0.15) is 5.75 Å². The molecule has 1 amide bonds. The number of fused-ring (bicyclic) bond motifs is 1. The topological polar surface area (TPSA) is 55.6 Å². The molecule has 5 nitrogen and oxygen atoms in total. The second-order valence-electron chi connectivity index (χ2n) is 4.99. The molecule has 1 atom stereocenters. The number of nitrogens with one attached hydrogen (secondary N) is 1. The van der Waals surface area contributed by atoms with Gasteiger partial charge in [-0.1, -0.05) is 24.3 Å². The van der Waals surface area contributed by atoms with Gasteiger partial charge in [-0.3, -0.25) is 4.79 Å². The number of hydrogen-bond acceptors (Lipinski definition) is 3. The molecule has 0 radical (unpaired) electrons. The summed E-state index contributed by atoms with van der Waals surface area (Å²) in [5.41, 5.74) is 1.96. The van der Waals surface area contributed by atoms with Gasteiger partial charge in [0.25, 0.3) is 5.91 Å². The van der Waals surface area contributed by atoms with Crippen molar-refractivity contribution in [3.63, 3.8) is 0 Å². The van der Waals surface area contributed by atoms with Crippen LogP contribution in [0.15, 0.2) is 60.9 Å². The van der Waals surface area contributed by atoms with Crippen LogP contribution in [0.5, 0.6) is 5.75 Å². The lowest BCUT2D eigenvalue weighted by Gasteiger charge is -2.14. The highest BCUT2D eigenvalue weighted by atomic mass is 16.5. The van der Waals surface area contributed by atoms with Crippen molar-refractivity contribution >= 4 is 11.4 Å². The van der Waals surface area contributed by atoms with Gasteiger partial charge in [0.05, 0.1) is 11.7 Å². The molecule has 3 rings (SSSR count). The summed E-state index contributed by atoms with van der Waals surface area (Å²) in [6.07, 6.45) is 3.09. The van der Waals surface area contributed by atoms with E-state index in [4.69, 9.17) is 4.74 Å². The van der Waals surface area contributed by atoms with Crippen LogP contribution < -0.4 is 10.1 Å². The molecule has 5 heteroatoms. The van der Waals surface area contributed by atoms with E-state index >= 15 is 0 Å². The van der Waals surface area contributed by atoms with Crippen LogP contribution in [0.1, 0.15) is 12.5 Å². The Balaban J connectivity index is 1.60. The van der Waals surface area contributed by atoms with Crippen molar-refractivity contribution in [2.24, 2.45) is 0 Å². The van der Waals surface area contributed by atoms with Gasteiger partial charge in [0.15, 0.2) is 6.10 Å². The first-order valence-corrected chi connectivity index (χ1v) is 7.15. The van der Waals surface area contributed by atoms with E-state index in [-0.39, 0.29) is 5.91 Å². The zero-order valence-electron chi connectivity index (χ0n) is 12.3. The monoisotopic (exact) mass is 295 g/mol. The number of para-hydroxylation sites is 1. The number of benzene rings is 1. The summed E-state index contributed by atoms with van der Waals surface area (Å²) in [6, 6.07) is 15.1. The van der Waals surface area contributed by atoms with Gasteiger partial charge >= 0.3 is 0 Å². The van der Waals surface area contributed by atoms with Crippen molar-refractivity contribution in [3.8, 4) is 5.75 Å². The Morgan fingerprint density at radius 1 is 1.23 bits per heavy atom. The fourth-order valence-corrected chi connectivity index (χ4v) is 2.21. The lowest BCUT2D eigenvalue weighted by Crippen LogP contribution is -2.35. The molecule has 0 bridgehead atoms. The van der Waals surface area contributed by atoms with E-state index in [1.807, 2.05) is 54.7 Å². The number of rotatable bonds is 5. The van der Waals surface area contributed by atoms with Crippen molar-refractivity contribution in [2.75, 3.05) is 0 Å². The second-order valence-corrected chi connectivity index (χ2v) is 4.99. The van der Waals surface area contributed by atoms with Crippen LogP contribution in [0.4, 0.5) is 0 Å². The Kier molecular flexibility index (Phi) is 4.05. The minimum absolute atomic E-state index is 0.154. The van der Waals surface area contributed by atoms with E-state index < -0.39 is 6.10 Å². The first-order chi connectivity index (χ1) is 10.7. The summed E-state index contributed by atoms with van der Waals surface area (Å²) in [7, 11) is 0. The third kappa shape index (κ3) is 3.09. The first-order valence-electron chi connectivity index (χ1n) is 7.15. The van der Waals surface area contributed by atoms with Crippen LogP contribution >= 0.6 is 0 Å². The van der Waals surface area contributed by atoms with Crippen molar-refractivity contribution in [1.29, 1.82) is 0 Å². The van der Waals surface area contributed by atoms with Crippen molar-refractivity contribution < 1.29 is 9.53 Å². The summed E-state index contributed by atoms with van der Waals surface area (Å²) in [4.78, 5) is 12.1. The maximum atomic E-state index is 12.1. The van der Waals surface area contributed by atoms with Crippen LogP contribution in [-0.4, -0.2) is 21.6 Å². The van der Waals surface area contributed by atoms with Gasteiger partial charge < -0.3 is 10.1 Å². The summed E-state index contributed by atoms with van der Waals surface area (Å²) < 4.78 is 7.38. The number of pyridine rings is 1. The molecule has 22 heavy (non-hydrogen) atoms. The van der Waals surface area contributed by atoms with Crippen LogP contribution in [0.25, 0.3) is 5.52 Å². The SMILES string of the molecule is C[C@H](Oc1ccccc1)C(=O)NCc1cnn2ccccc12. The molecular formula is C17H17N3O2. The van der Waals surface area contributed by atoms with Gasteiger partial charge in [-0.2, -0.15) is 5.10 Å². The Bertz CT molecular complexity index is 768. The zero-order chi connectivity index (χ0) is 15.4. The van der Waals surface area contributed by atoms with Crippen LogP contribution in [0.2, 0.25) is 0 Å². The molecule has 112 valence electrons. The fraction of sp³-hybridized carbons (Fsp3) is 0.176. The lowest BCUT2D eigenvalue weighted by molar-refractivity contribution is -0.127. The molecule has 1 N–H and O–H groups in total. The minimum atomic E-state index is -0.552. The highest BCUT2D eigenvalue weighted by Crippen LogP contribution is 2.12. The molecule has 3 aromatic rings. The normalized spacial score (nSPS) is 12.0. The Labute approximate surface area is 128 Å². The average Bonchev–Trinajstić information content (AvgIpc) is 2.97. The van der Waals surface area contributed by atoms with Crippen LogP contribution in [0, 0.1) is 0 Å². The molecule has 0 unspecified atom stereocenters. The van der Waals surface area contributed by atoms with Gasteiger partial charge in [0.2, 0.25) is 0 Å². The maximum absolute atomic E-state index is 12.1. The molecule has 0 aliphatic rings. The molecule has 2 heterocycles. The molecule has 0 saturated heterocycles. The molecule has 0 aliphatic heterocycles. The average molecular weight is 295 g/mol. The van der Waals surface area contributed by atoms with E-state index in [2.05, 4.69) is 10.4 Å². The number of amides is 1. The predicted molar refractivity (Wildman–Crippen MR) is 83.6 cm³/mol. The Hall–Kier alpha value is -2.82. The van der Waals surface area contributed by atoms with Gasteiger partial charge in [0, 0.05) is 18.3 Å². The van der Waals surface area contributed by atoms with Crippen molar-refractivity contribution in [1.82, 2.24) is 14.9 Å². The highest BCUT2D eigenvalue weighted by Gasteiger charge is 2.15. The molecule has 0 aliphatic carbocycles. The van der Waals surface area contributed by atoms with E-state index in [9.17, 15) is 4.79 Å². The molecule has 0 fully saturated rings. The third-order valence-corrected chi connectivity index (χ3v) is 3.38. The number of carbonyl (C=O) groups excluding carboxylic acids is 1. The minimum Gasteiger partial charge on any atom is -0.481 e. The van der Waals surface area contributed by atoms with Crippen LogP contribution in [0.3, 0.4) is 0 Å². The summed E-state index contributed by atoms with van der Waals surface area (Å²) in [5, 5.41) is 7.12. The zero-order valence-corrected chi connectivity index (χ0v) is 12.3. The Morgan fingerprint density at radius 2 is 2.00 bits per heavy atom. The summed E-state index contributed by atoms with van der Waals surface area (Å²) in [5.74, 6) is 0.528. The second kappa shape index (κ2) is 6.30. The van der Waals surface area contributed by atoms with E-state index in [1.165, 1.54) is 0 Å². The summed E-state index contributed by atoms with van der Waals surface area (Å²) >= 11 is 0. The van der Waals surface area contributed by atoms with Gasteiger partial charge in [-0.15, -0.1) is 0 Å². The summed E-state index contributed by atoms with van der Waals surface area (Å²) in [6.45, 7) is 2.16. The predicted octanol–water partition coefficient (Wildman–Crippen LogP) is 2.42. The van der Waals surface area contributed by atoms with Crippen molar-refractivity contribution in [3.05, 3.63) is 66.5 Å². The van der Waals surface area contributed by atoms with Gasteiger partial charge in [-0.25, -0.2) is 4.52 Å². The van der Waals surface area contributed by atoms with Crippen molar-refractivity contribution in [2.45, 2.75) is 19.6 Å². The Morgan fingerprint density at radius 3 is 2.82 bits per heavy atom. The van der Waals surface area contributed by atoms with Gasteiger partial charge in [-0.05, 0) is 31.2 Å². The molecule has 0 saturated carbocycles. The van der Waals surface area contributed by atoms with Crippen LogP contribution in [-0.2, 0) is 11.3 Å². The largest absolute Gasteiger partial charge is 0.481 e. The molecule has 0 spiro atoms. The standard InChI is InChI=1S/C17H17N3O2/c1-13(22-15-7-3-2-4-8-15)17(21)18-11-14-12-19-20-10-6-5-9-16(14)20/h2-10,12-13H,11H2,1H3,(H,18,21)/t13-/m0/s1. The number of hydrogen-bond donors (Lipinski definition) is 1. The van der Waals surface area contributed by atoms with E-state index in [0.717, 1.165) is 11.1 Å². The quantitative estimate of drug-likeness (QED) is 0.786. The molecular weight excluding hydrogens is 278 g/mol. The lowest BCUT2D eigenvalue weighted by atomic mass is 10.2. The number of nitrogens with zero attached hydrogens (tertiary/aromatic N) is 2. The molecule has 2 aromatic heterocycles. The third-order valence-electron chi connectivity index (χ3n) is 3.38. The number of ether oxygens (including phenoxy) is 1. The maximum Gasteiger partial charge on any atom is 0.261 e. The van der Waals surface area contributed by atoms with E-state index in [1.54, 1.807) is 17.6 Å². The number of carbonyl (C=O) groups is 1. The highest BCUT2D eigenvalue weighted by molar-refractivity contribution is 5.80. The first kappa shape index (κ1) is 14.1.